The van der Waals surface area contributed by atoms with Gasteiger partial charge in [-0.15, -0.1) is 0 Å². The average Bonchev–Trinajstić information content (AvgIpc) is 2.69. The molecular weight excluding hydrogens is 368 g/mol. The number of carbonyl (C=O) groups is 3. The Hall–Kier alpha value is -1.67. The molecule has 0 aliphatic heterocycles. The first-order chi connectivity index (χ1) is 12.7. The molecule has 0 aliphatic carbocycles. The first kappa shape index (κ1) is 25.3. The van der Waals surface area contributed by atoms with Crippen LogP contribution in [-0.2, 0) is 33.0 Å². The molecular formula is C19H34O7Si. The van der Waals surface area contributed by atoms with Crippen molar-refractivity contribution in [2.75, 3.05) is 20.8 Å². The maximum atomic E-state index is 12.2. The van der Waals surface area contributed by atoms with Crippen molar-refractivity contribution in [2.45, 2.75) is 64.8 Å². The van der Waals surface area contributed by atoms with E-state index in [0.717, 1.165) is 18.1 Å². The van der Waals surface area contributed by atoms with Gasteiger partial charge in [-0.25, -0.2) is 4.79 Å². The first-order valence-electron chi connectivity index (χ1n) is 9.44. The van der Waals surface area contributed by atoms with Crippen LogP contribution in [0.25, 0.3) is 0 Å². The van der Waals surface area contributed by atoms with Crippen LogP contribution in [0, 0.1) is 5.92 Å². The van der Waals surface area contributed by atoms with Gasteiger partial charge in [0.2, 0.25) is 0 Å². The molecule has 0 N–H and O–H groups in total. The van der Waals surface area contributed by atoms with Gasteiger partial charge >= 0.3 is 17.9 Å². The van der Waals surface area contributed by atoms with Gasteiger partial charge in [0.05, 0.1) is 32.5 Å². The summed E-state index contributed by atoms with van der Waals surface area (Å²) in [4.78, 5) is 36.0. The van der Waals surface area contributed by atoms with Gasteiger partial charge in [0, 0.05) is 0 Å². The minimum atomic E-state index is -2.06. The molecule has 1 unspecified atom stereocenters. The molecule has 0 aromatic rings. The highest BCUT2D eigenvalue weighted by Crippen LogP contribution is 2.28. The lowest BCUT2D eigenvalue weighted by Gasteiger charge is -2.34. The zero-order valence-corrected chi connectivity index (χ0v) is 18.5. The molecule has 0 saturated carbocycles. The average molecular weight is 403 g/mol. The van der Waals surface area contributed by atoms with Crippen LogP contribution < -0.4 is 0 Å². The summed E-state index contributed by atoms with van der Waals surface area (Å²) < 4.78 is 20.9. The highest BCUT2D eigenvalue weighted by Gasteiger charge is 2.36. The fourth-order valence-corrected chi connectivity index (χ4v) is 5.76. The summed E-state index contributed by atoms with van der Waals surface area (Å²) in [6.45, 7) is 12.0. The highest BCUT2D eigenvalue weighted by molar-refractivity contribution is 6.73. The van der Waals surface area contributed by atoms with Crippen LogP contribution in [-0.4, -0.2) is 53.2 Å². The van der Waals surface area contributed by atoms with Crippen molar-refractivity contribution in [3.05, 3.63) is 12.2 Å². The fraction of sp³-hybridized carbons (Fsp3) is 0.737. The van der Waals surface area contributed by atoms with Gasteiger partial charge in [-0.3, -0.25) is 9.59 Å². The van der Waals surface area contributed by atoms with Crippen LogP contribution >= 0.6 is 0 Å². The summed E-state index contributed by atoms with van der Waals surface area (Å²) in [7, 11) is 0.374. The molecule has 0 rings (SSSR count). The van der Waals surface area contributed by atoms with Crippen molar-refractivity contribution in [2.24, 2.45) is 5.92 Å². The summed E-state index contributed by atoms with van der Waals surface area (Å²) in [6, 6.07) is 2.68. The van der Waals surface area contributed by atoms with E-state index in [4.69, 9.17) is 18.6 Å². The second-order valence-electron chi connectivity index (χ2n) is 6.27. The largest absolute Gasteiger partial charge is 0.468 e. The summed E-state index contributed by atoms with van der Waals surface area (Å²) in [6.07, 6.45) is -0.224. The van der Waals surface area contributed by atoms with Crippen LogP contribution in [0.15, 0.2) is 12.2 Å². The molecule has 0 heterocycles. The Kier molecular flexibility index (Phi) is 11.9. The van der Waals surface area contributed by atoms with E-state index in [1.54, 1.807) is 6.92 Å². The van der Waals surface area contributed by atoms with E-state index in [2.05, 4.69) is 27.4 Å². The van der Waals surface area contributed by atoms with Crippen molar-refractivity contribution in [1.29, 1.82) is 0 Å². The number of carbonyl (C=O) groups excluding carboxylic acids is 3. The van der Waals surface area contributed by atoms with Crippen molar-refractivity contribution >= 4 is 26.2 Å². The normalized spacial score (nSPS) is 12.4. The Labute approximate surface area is 163 Å². The number of methoxy groups -OCH3 is 2. The van der Waals surface area contributed by atoms with E-state index in [1.807, 2.05) is 0 Å². The van der Waals surface area contributed by atoms with Gasteiger partial charge in [-0.05, 0) is 37.9 Å². The lowest BCUT2D eigenvalue weighted by molar-refractivity contribution is -0.159. The van der Waals surface area contributed by atoms with E-state index < -0.39 is 38.2 Å². The standard InChI is InChI=1S/C19H34O7Si/c1-8-25-17(20)14(5)16(26-27(9-2,10-3)11-4)13-12-15(18(21)23-6)19(22)24-7/h15-16H,5,8-13H2,1-4,6-7H3. The molecule has 27 heavy (non-hydrogen) atoms. The third kappa shape index (κ3) is 7.46. The third-order valence-electron chi connectivity index (χ3n) is 4.94. The lowest BCUT2D eigenvalue weighted by atomic mass is 9.98. The smallest absolute Gasteiger partial charge is 0.335 e. The SMILES string of the molecule is C=C(C(=O)OCC)C(CCC(C(=O)OC)C(=O)OC)O[Si](CC)(CC)CC. The van der Waals surface area contributed by atoms with Gasteiger partial charge in [0.15, 0.2) is 14.2 Å². The van der Waals surface area contributed by atoms with Gasteiger partial charge in [-0.1, -0.05) is 27.4 Å². The Morgan fingerprint density at radius 3 is 1.74 bits per heavy atom. The summed E-state index contributed by atoms with van der Waals surface area (Å²) in [5, 5.41) is 0. The first-order valence-corrected chi connectivity index (χ1v) is 12.0. The number of hydrogen-bond donors (Lipinski definition) is 0. The van der Waals surface area contributed by atoms with Gasteiger partial charge in [0.1, 0.15) is 0 Å². The van der Waals surface area contributed by atoms with E-state index >= 15 is 0 Å². The number of ether oxygens (including phenoxy) is 3. The third-order valence-corrected chi connectivity index (χ3v) is 9.59. The Balaban J connectivity index is 5.51. The Bertz CT molecular complexity index is 490. The summed E-state index contributed by atoms with van der Waals surface area (Å²) in [5.74, 6) is -2.94. The van der Waals surface area contributed by atoms with E-state index in [-0.39, 0.29) is 25.0 Å². The van der Waals surface area contributed by atoms with Gasteiger partial charge in [-0.2, -0.15) is 0 Å². The molecule has 0 aliphatic rings. The van der Waals surface area contributed by atoms with Gasteiger partial charge in [0.25, 0.3) is 0 Å². The maximum Gasteiger partial charge on any atom is 0.335 e. The molecule has 0 spiro atoms. The zero-order chi connectivity index (χ0) is 21.0. The predicted molar refractivity (Wildman–Crippen MR) is 105 cm³/mol. The van der Waals surface area contributed by atoms with Crippen molar-refractivity contribution in [1.82, 2.24) is 0 Å². The van der Waals surface area contributed by atoms with E-state index in [1.165, 1.54) is 14.2 Å². The molecule has 0 fully saturated rings. The maximum absolute atomic E-state index is 12.2. The van der Waals surface area contributed by atoms with E-state index in [0.29, 0.717) is 0 Å². The Morgan fingerprint density at radius 2 is 1.37 bits per heavy atom. The molecule has 1 atom stereocenters. The minimum absolute atomic E-state index is 0.129. The second kappa shape index (κ2) is 12.7. The van der Waals surface area contributed by atoms with Crippen LogP contribution in [0.3, 0.4) is 0 Å². The van der Waals surface area contributed by atoms with Crippen molar-refractivity contribution < 1.29 is 33.0 Å². The second-order valence-corrected chi connectivity index (χ2v) is 11.0. The van der Waals surface area contributed by atoms with Crippen molar-refractivity contribution in [3.8, 4) is 0 Å². The van der Waals surface area contributed by atoms with Gasteiger partial charge < -0.3 is 18.6 Å². The number of rotatable bonds is 13. The van der Waals surface area contributed by atoms with Crippen LogP contribution in [0.5, 0.6) is 0 Å². The van der Waals surface area contributed by atoms with Crippen LogP contribution in [0.2, 0.25) is 18.1 Å². The van der Waals surface area contributed by atoms with Crippen molar-refractivity contribution in [3.63, 3.8) is 0 Å². The topological polar surface area (TPSA) is 88.1 Å². The highest BCUT2D eigenvalue weighted by atomic mass is 28.4. The molecule has 8 heteroatoms. The van der Waals surface area contributed by atoms with E-state index in [9.17, 15) is 14.4 Å². The predicted octanol–water partition coefficient (Wildman–Crippen LogP) is 3.24. The zero-order valence-electron chi connectivity index (χ0n) is 17.5. The number of hydrogen-bond acceptors (Lipinski definition) is 7. The molecule has 0 amide bonds. The molecule has 0 bridgehead atoms. The summed E-state index contributed by atoms with van der Waals surface area (Å²) in [5.41, 5.74) is 0.206. The quantitative estimate of drug-likeness (QED) is 0.154. The lowest BCUT2D eigenvalue weighted by Crippen LogP contribution is -2.42. The molecule has 0 aromatic heterocycles. The number of esters is 3. The molecule has 0 aromatic carbocycles. The summed E-state index contributed by atoms with van der Waals surface area (Å²) >= 11 is 0. The minimum Gasteiger partial charge on any atom is -0.468 e. The molecule has 0 saturated heterocycles. The Morgan fingerprint density at radius 1 is 0.889 bits per heavy atom. The molecule has 7 nitrogen and oxygen atoms in total. The fourth-order valence-electron chi connectivity index (χ4n) is 2.90. The van der Waals surface area contributed by atoms with Crippen LogP contribution in [0.4, 0.5) is 0 Å². The molecule has 156 valence electrons. The molecule has 0 radical (unpaired) electrons. The monoisotopic (exact) mass is 402 g/mol. The van der Waals surface area contributed by atoms with Crippen LogP contribution in [0.1, 0.15) is 40.5 Å².